The third kappa shape index (κ3) is 5.57. The molecule has 0 amide bonds. The highest BCUT2D eigenvalue weighted by molar-refractivity contribution is 7.92. The molecule has 0 spiro atoms. The van der Waals surface area contributed by atoms with Gasteiger partial charge in [0, 0.05) is 5.69 Å². The van der Waals surface area contributed by atoms with E-state index in [2.05, 4.69) is 9.46 Å². The molecule has 0 heterocycles. The molecule has 0 aromatic heterocycles. The fourth-order valence-corrected chi connectivity index (χ4v) is 3.79. The first-order chi connectivity index (χ1) is 12.5. The molecule has 27 heavy (non-hydrogen) atoms. The molecule has 0 aliphatic heterocycles. The normalized spacial score (nSPS) is 11.7. The van der Waals surface area contributed by atoms with Crippen LogP contribution in [0.5, 0.6) is 5.75 Å². The third-order valence-electron chi connectivity index (χ3n) is 3.22. The Bertz CT molecular complexity index is 1050. The smallest absolute Gasteiger partial charge is 0.343 e. The monoisotopic (exact) mass is 434 g/mol. The number of nitrogens with two attached hydrogens (primary N) is 1. The van der Waals surface area contributed by atoms with Crippen molar-refractivity contribution >= 4 is 43.3 Å². The zero-order valence-electron chi connectivity index (χ0n) is 13.9. The van der Waals surface area contributed by atoms with Crippen LogP contribution in [0.1, 0.15) is 0 Å². The number of hydrogen-bond acceptors (Lipinski definition) is 7. The van der Waals surface area contributed by atoms with Crippen molar-refractivity contribution < 1.29 is 31.1 Å². The highest BCUT2D eigenvalue weighted by Gasteiger charge is 2.17. The van der Waals surface area contributed by atoms with Gasteiger partial charge in [-0.2, -0.15) is 0 Å². The predicted molar refractivity (Wildman–Crippen MR) is 97.6 cm³/mol. The number of anilines is 1. The number of primary sulfonamides is 1. The fourth-order valence-electron chi connectivity index (χ4n) is 1.89. The zero-order chi connectivity index (χ0) is 20.2. The quantitative estimate of drug-likeness (QED) is 0.626. The maximum Gasteiger partial charge on any atom is 0.343 e. The Morgan fingerprint density at radius 2 is 1.67 bits per heavy atom. The Hall–Kier alpha value is -2.34. The van der Waals surface area contributed by atoms with Crippen LogP contribution in [-0.2, 0) is 29.6 Å². The van der Waals surface area contributed by atoms with Crippen LogP contribution < -0.4 is 14.6 Å². The Morgan fingerprint density at radius 1 is 1.07 bits per heavy atom. The SMILES string of the molecule is COC(=O)COc1ccc(S(=O)(=O)Nc2ccc(S(N)(=O)=O)cc2)cc1Cl. The van der Waals surface area contributed by atoms with Gasteiger partial charge in [-0.1, -0.05) is 11.6 Å². The molecule has 0 unspecified atom stereocenters. The van der Waals surface area contributed by atoms with Crippen molar-refractivity contribution in [1.29, 1.82) is 0 Å². The summed E-state index contributed by atoms with van der Waals surface area (Å²) in [7, 11) is -6.68. The van der Waals surface area contributed by atoms with E-state index in [9.17, 15) is 21.6 Å². The second-order valence-electron chi connectivity index (χ2n) is 5.13. The van der Waals surface area contributed by atoms with Gasteiger partial charge in [0.1, 0.15) is 5.75 Å². The lowest BCUT2D eigenvalue weighted by molar-refractivity contribution is -0.142. The molecule has 0 aliphatic rings. The first kappa shape index (κ1) is 21.0. The number of esters is 1. The molecule has 0 bridgehead atoms. The molecule has 0 atom stereocenters. The van der Waals surface area contributed by atoms with Gasteiger partial charge in [0.2, 0.25) is 10.0 Å². The van der Waals surface area contributed by atoms with Crippen molar-refractivity contribution in [1.82, 2.24) is 0 Å². The number of carbonyl (C=O) groups excluding carboxylic acids is 1. The average Bonchev–Trinajstić information content (AvgIpc) is 2.59. The summed E-state index contributed by atoms with van der Waals surface area (Å²) in [5.74, 6) is -0.508. The zero-order valence-corrected chi connectivity index (χ0v) is 16.3. The Morgan fingerprint density at radius 3 is 2.19 bits per heavy atom. The van der Waals surface area contributed by atoms with E-state index in [0.717, 1.165) is 6.07 Å². The van der Waals surface area contributed by atoms with Gasteiger partial charge in [-0.25, -0.2) is 26.8 Å². The Kier molecular flexibility index (Phi) is 6.31. The number of nitrogens with one attached hydrogen (secondary N) is 1. The molecule has 0 aliphatic carbocycles. The summed E-state index contributed by atoms with van der Waals surface area (Å²) in [6, 6.07) is 8.53. The van der Waals surface area contributed by atoms with Gasteiger partial charge in [-0.3, -0.25) is 4.72 Å². The molecule has 2 aromatic rings. The molecule has 0 saturated carbocycles. The van der Waals surface area contributed by atoms with Gasteiger partial charge >= 0.3 is 5.97 Å². The molecule has 2 rings (SSSR count). The molecule has 3 N–H and O–H groups in total. The van der Waals surface area contributed by atoms with Crippen LogP contribution in [0.3, 0.4) is 0 Å². The highest BCUT2D eigenvalue weighted by Crippen LogP contribution is 2.28. The maximum absolute atomic E-state index is 12.4. The lowest BCUT2D eigenvalue weighted by Crippen LogP contribution is -2.15. The van der Waals surface area contributed by atoms with Crippen LogP contribution in [0.2, 0.25) is 5.02 Å². The van der Waals surface area contributed by atoms with Crippen LogP contribution >= 0.6 is 11.6 Å². The average molecular weight is 435 g/mol. The number of benzene rings is 2. The number of methoxy groups -OCH3 is 1. The van der Waals surface area contributed by atoms with Crippen molar-refractivity contribution in [3.05, 3.63) is 47.5 Å². The number of rotatable bonds is 7. The van der Waals surface area contributed by atoms with Crippen molar-refractivity contribution in [2.45, 2.75) is 9.79 Å². The minimum atomic E-state index is -4.00. The van der Waals surface area contributed by atoms with Crippen LogP contribution in [0, 0.1) is 0 Å². The minimum Gasteiger partial charge on any atom is -0.480 e. The van der Waals surface area contributed by atoms with Gasteiger partial charge in [0.15, 0.2) is 6.61 Å². The fraction of sp³-hybridized carbons (Fsp3) is 0.133. The summed E-state index contributed by atoms with van der Waals surface area (Å²) >= 11 is 5.99. The van der Waals surface area contributed by atoms with E-state index in [-0.39, 0.29) is 32.9 Å². The number of sulfonamides is 2. The van der Waals surface area contributed by atoms with Crippen LogP contribution in [-0.4, -0.2) is 36.5 Å². The number of hydrogen-bond donors (Lipinski definition) is 2. The van der Waals surface area contributed by atoms with Crippen LogP contribution in [0.25, 0.3) is 0 Å². The summed E-state index contributed by atoms with van der Waals surface area (Å²) in [5.41, 5.74) is 0.129. The van der Waals surface area contributed by atoms with E-state index < -0.39 is 26.0 Å². The minimum absolute atomic E-state index is 0.0219. The Labute approximate surface area is 161 Å². The predicted octanol–water partition coefficient (Wildman–Crippen LogP) is 1.34. The molecule has 9 nitrogen and oxygen atoms in total. The number of halogens is 1. The molecule has 0 fully saturated rings. The first-order valence-electron chi connectivity index (χ1n) is 7.18. The topological polar surface area (TPSA) is 142 Å². The van der Waals surface area contributed by atoms with Gasteiger partial charge in [0.05, 0.1) is 21.9 Å². The van der Waals surface area contributed by atoms with Crippen LogP contribution in [0.15, 0.2) is 52.3 Å². The Balaban J connectivity index is 2.19. The van der Waals surface area contributed by atoms with E-state index in [1.165, 1.54) is 43.5 Å². The first-order valence-corrected chi connectivity index (χ1v) is 10.6. The second-order valence-corrected chi connectivity index (χ2v) is 8.78. The van der Waals surface area contributed by atoms with E-state index in [1.54, 1.807) is 0 Å². The molecular formula is C15H15ClN2O7S2. The number of carbonyl (C=O) groups is 1. The van der Waals surface area contributed by atoms with Gasteiger partial charge < -0.3 is 9.47 Å². The van der Waals surface area contributed by atoms with E-state index in [0.29, 0.717) is 0 Å². The summed E-state index contributed by atoms with van der Waals surface area (Å²) in [4.78, 5) is 10.8. The summed E-state index contributed by atoms with van der Waals surface area (Å²) in [6.45, 7) is -0.378. The number of ether oxygens (including phenoxy) is 2. The molecule has 0 saturated heterocycles. The van der Waals surface area contributed by atoms with Crippen molar-refractivity contribution in [3.8, 4) is 5.75 Å². The molecule has 0 radical (unpaired) electrons. The molecule has 12 heteroatoms. The van der Waals surface area contributed by atoms with Crippen molar-refractivity contribution in [2.75, 3.05) is 18.4 Å². The standard InChI is InChI=1S/C15H15ClN2O7S2/c1-24-15(19)9-25-14-7-6-12(8-13(14)16)27(22,23)18-10-2-4-11(5-3-10)26(17,20)21/h2-8,18H,9H2,1H3,(H2,17,20,21). The summed E-state index contributed by atoms with van der Waals surface area (Å²) in [6.07, 6.45) is 0. The van der Waals surface area contributed by atoms with E-state index >= 15 is 0 Å². The van der Waals surface area contributed by atoms with Crippen molar-refractivity contribution in [3.63, 3.8) is 0 Å². The van der Waals surface area contributed by atoms with Gasteiger partial charge in [0.25, 0.3) is 10.0 Å². The lowest BCUT2D eigenvalue weighted by Gasteiger charge is -2.11. The molecule has 2 aromatic carbocycles. The summed E-state index contributed by atoms with van der Waals surface area (Å²) in [5, 5.41) is 4.96. The van der Waals surface area contributed by atoms with Crippen molar-refractivity contribution in [2.24, 2.45) is 5.14 Å². The largest absolute Gasteiger partial charge is 0.480 e. The second kappa shape index (κ2) is 8.13. The lowest BCUT2D eigenvalue weighted by atomic mass is 10.3. The van der Waals surface area contributed by atoms with E-state index in [1.807, 2.05) is 0 Å². The van der Waals surface area contributed by atoms with Gasteiger partial charge in [-0.15, -0.1) is 0 Å². The molecular weight excluding hydrogens is 420 g/mol. The third-order valence-corrected chi connectivity index (χ3v) is 5.83. The molecule has 146 valence electrons. The van der Waals surface area contributed by atoms with Gasteiger partial charge in [-0.05, 0) is 42.5 Å². The summed E-state index contributed by atoms with van der Waals surface area (Å²) < 4.78 is 59.1. The highest BCUT2D eigenvalue weighted by atomic mass is 35.5. The van der Waals surface area contributed by atoms with Crippen LogP contribution in [0.4, 0.5) is 5.69 Å². The maximum atomic E-state index is 12.4. The van der Waals surface area contributed by atoms with E-state index in [4.69, 9.17) is 21.5 Å².